The van der Waals surface area contributed by atoms with E-state index in [2.05, 4.69) is 41.8 Å². The molecule has 1 aliphatic carbocycles. The van der Waals surface area contributed by atoms with Crippen LogP contribution in [0.4, 0.5) is 5.69 Å². The van der Waals surface area contributed by atoms with Crippen molar-refractivity contribution in [3.8, 4) is 0 Å². The van der Waals surface area contributed by atoms with E-state index < -0.39 is 0 Å². The van der Waals surface area contributed by atoms with Crippen molar-refractivity contribution in [1.82, 2.24) is 5.32 Å². The van der Waals surface area contributed by atoms with Gasteiger partial charge in [0.25, 0.3) is 0 Å². The minimum atomic E-state index is 0.496. The van der Waals surface area contributed by atoms with E-state index in [4.69, 9.17) is 17.0 Å². The van der Waals surface area contributed by atoms with Crippen LogP contribution in [0.2, 0.25) is 0 Å². The molecule has 0 atom stereocenters. The average Bonchev–Trinajstić information content (AvgIpc) is 2.56. The van der Waals surface area contributed by atoms with Crippen LogP contribution >= 0.6 is 12.2 Å². The summed E-state index contributed by atoms with van der Waals surface area (Å²) < 4.78 is 5.90. The number of benzene rings is 1. The zero-order valence-electron chi connectivity index (χ0n) is 13.6. The van der Waals surface area contributed by atoms with Crippen LogP contribution in [0.25, 0.3) is 0 Å². The van der Waals surface area contributed by atoms with E-state index in [0.717, 1.165) is 31.7 Å². The van der Waals surface area contributed by atoms with E-state index >= 15 is 0 Å². The number of thiocarbonyl (C=S) groups is 1. The molecule has 0 radical (unpaired) electrons. The number of nitrogens with one attached hydrogen (secondary N) is 2. The van der Waals surface area contributed by atoms with Gasteiger partial charge in [-0.25, -0.2) is 0 Å². The fourth-order valence-corrected chi connectivity index (χ4v) is 2.97. The number of anilines is 1. The van der Waals surface area contributed by atoms with Crippen molar-refractivity contribution in [2.24, 2.45) is 0 Å². The maximum absolute atomic E-state index is 5.90. The summed E-state index contributed by atoms with van der Waals surface area (Å²) in [4.78, 5) is 0. The first-order valence-electron chi connectivity index (χ1n) is 8.53. The highest BCUT2D eigenvalue weighted by Crippen LogP contribution is 2.20. The lowest BCUT2D eigenvalue weighted by Gasteiger charge is -2.22. The summed E-state index contributed by atoms with van der Waals surface area (Å²) in [5.41, 5.74) is 2.37. The standard InChI is InChI=1S/C18H28N2OS/c1-2-15-9-11-16(12-10-15)20-18(22)19-13-6-14-21-17-7-4-3-5-8-17/h9-12,17H,2-8,13-14H2,1H3,(H2,19,20,22). The number of aryl methyl sites for hydroxylation is 1. The highest BCUT2D eigenvalue weighted by atomic mass is 32.1. The third-order valence-electron chi connectivity index (χ3n) is 4.13. The fraction of sp³-hybridized carbons (Fsp3) is 0.611. The molecule has 0 amide bonds. The van der Waals surface area contributed by atoms with Crippen LogP contribution in [-0.4, -0.2) is 24.4 Å². The van der Waals surface area contributed by atoms with Crippen molar-refractivity contribution in [3.63, 3.8) is 0 Å². The van der Waals surface area contributed by atoms with Crippen molar-refractivity contribution in [3.05, 3.63) is 29.8 Å². The van der Waals surface area contributed by atoms with Gasteiger partial charge in [0.1, 0.15) is 0 Å². The molecule has 1 aromatic carbocycles. The Labute approximate surface area is 139 Å². The van der Waals surface area contributed by atoms with Crippen LogP contribution in [-0.2, 0) is 11.2 Å². The molecule has 22 heavy (non-hydrogen) atoms. The van der Waals surface area contributed by atoms with Crippen LogP contribution in [0.3, 0.4) is 0 Å². The van der Waals surface area contributed by atoms with Crippen LogP contribution in [0, 0.1) is 0 Å². The number of hydrogen-bond donors (Lipinski definition) is 2. The molecular formula is C18H28N2OS. The lowest BCUT2D eigenvalue weighted by molar-refractivity contribution is 0.0277. The number of hydrogen-bond acceptors (Lipinski definition) is 2. The minimum Gasteiger partial charge on any atom is -0.378 e. The highest BCUT2D eigenvalue weighted by Gasteiger charge is 2.12. The molecule has 0 unspecified atom stereocenters. The second-order valence-electron chi connectivity index (χ2n) is 5.92. The maximum Gasteiger partial charge on any atom is 0.170 e. The van der Waals surface area contributed by atoms with Crippen molar-refractivity contribution in [1.29, 1.82) is 0 Å². The van der Waals surface area contributed by atoms with Crippen LogP contribution < -0.4 is 10.6 Å². The summed E-state index contributed by atoms with van der Waals surface area (Å²) in [6.07, 6.45) is 9.05. The Balaban J connectivity index is 1.55. The third kappa shape index (κ3) is 6.32. The molecule has 1 aromatic rings. The van der Waals surface area contributed by atoms with E-state index in [9.17, 15) is 0 Å². The monoisotopic (exact) mass is 320 g/mol. The Bertz CT molecular complexity index is 441. The van der Waals surface area contributed by atoms with Gasteiger partial charge in [-0.1, -0.05) is 38.3 Å². The average molecular weight is 321 g/mol. The Morgan fingerprint density at radius 1 is 1.18 bits per heavy atom. The molecule has 0 spiro atoms. The van der Waals surface area contributed by atoms with Gasteiger partial charge in [-0.2, -0.15) is 0 Å². The summed E-state index contributed by atoms with van der Waals surface area (Å²) in [7, 11) is 0. The first-order valence-corrected chi connectivity index (χ1v) is 8.94. The summed E-state index contributed by atoms with van der Waals surface area (Å²) in [6, 6.07) is 8.39. The largest absolute Gasteiger partial charge is 0.378 e. The van der Waals surface area contributed by atoms with Crippen molar-refractivity contribution < 1.29 is 4.74 Å². The van der Waals surface area contributed by atoms with E-state index in [0.29, 0.717) is 11.2 Å². The molecule has 1 fully saturated rings. The van der Waals surface area contributed by atoms with Gasteiger partial charge >= 0.3 is 0 Å². The summed E-state index contributed by atoms with van der Waals surface area (Å²) in [5.74, 6) is 0. The van der Waals surface area contributed by atoms with E-state index in [-0.39, 0.29) is 0 Å². The molecule has 0 bridgehead atoms. The van der Waals surface area contributed by atoms with Crippen molar-refractivity contribution in [2.45, 2.75) is 58.0 Å². The van der Waals surface area contributed by atoms with Crippen LogP contribution in [0.1, 0.15) is 51.0 Å². The molecule has 2 N–H and O–H groups in total. The number of ether oxygens (including phenoxy) is 1. The van der Waals surface area contributed by atoms with Gasteiger partial charge in [-0.3, -0.25) is 0 Å². The lowest BCUT2D eigenvalue weighted by Crippen LogP contribution is -2.30. The van der Waals surface area contributed by atoms with E-state index in [1.807, 2.05) is 0 Å². The quantitative estimate of drug-likeness (QED) is 0.580. The van der Waals surface area contributed by atoms with Crippen LogP contribution in [0.15, 0.2) is 24.3 Å². The summed E-state index contributed by atoms with van der Waals surface area (Å²) in [5, 5.41) is 7.13. The first-order chi connectivity index (χ1) is 10.8. The molecule has 4 heteroatoms. The molecule has 2 rings (SSSR count). The normalized spacial score (nSPS) is 15.5. The molecule has 0 saturated heterocycles. The van der Waals surface area contributed by atoms with Gasteiger partial charge in [0.05, 0.1) is 6.10 Å². The van der Waals surface area contributed by atoms with Gasteiger partial charge in [-0.05, 0) is 55.6 Å². The Kier molecular flexibility index (Phi) is 7.67. The molecular weight excluding hydrogens is 292 g/mol. The molecule has 0 aromatic heterocycles. The zero-order chi connectivity index (χ0) is 15.6. The van der Waals surface area contributed by atoms with Crippen molar-refractivity contribution in [2.75, 3.05) is 18.5 Å². The second kappa shape index (κ2) is 9.80. The smallest absolute Gasteiger partial charge is 0.170 e. The topological polar surface area (TPSA) is 33.3 Å². The molecule has 3 nitrogen and oxygen atoms in total. The minimum absolute atomic E-state index is 0.496. The van der Waals surface area contributed by atoms with Crippen molar-refractivity contribution >= 4 is 23.0 Å². The summed E-state index contributed by atoms with van der Waals surface area (Å²) >= 11 is 5.31. The summed E-state index contributed by atoms with van der Waals surface area (Å²) in [6.45, 7) is 3.83. The first kappa shape index (κ1) is 17.2. The molecule has 0 aliphatic heterocycles. The highest BCUT2D eigenvalue weighted by molar-refractivity contribution is 7.80. The van der Waals surface area contributed by atoms with Gasteiger partial charge in [0.15, 0.2) is 5.11 Å². The Hall–Kier alpha value is -1.13. The Morgan fingerprint density at radius 2 is 1.91 bits per heavy atom. The van der Waals surface area contributed by atoms with Gasteiger partial charge in [0, 0.05) is 18.8 Å². The van der Waals surface area contributed by atoms with Gasteiger partial charge < -0.3 is 15.4 Å². The maximum atomic E-state index is 5.90. The molecule has 0 heterocycles. The Morgan fingerprint density at radius 3 is 2.59 bits per heavy atom. The second-order valence-corrected chi connectivity index (χ2v) is 6.32. The molecule has 122 valence electrons. The molecule has 1 saturated carbocycles. The van der Waals surface area contributed by atoms with Gasteiger partial charge in [-0.15, -0.1) is 0 Å². The third-order valence-corrected chi connectivity index (χ3v) is 4.38. The lowest BCUT2D eigenvalue weighted by atomic mass is 9.98. The van der Waals surface area contributed by atoms with E-state index in [1.165, 1.54) is 37.7 Å². The number of rotatable bonds is 7. The predicted molar refractivity (Wildman–Crippen MR) is 97.5 cm³/mol. The van der Waals surface area contributed by atoms with Crippen LogP contribution in [0.5, 0.6) is 0 Å². The SMILES string of the molecule is CCc1ccc(NC(=S)NCCCOC2CCCCC2)cc1. The zero-order valence-corrected chi connectivity index (χ0v) is 14.4. The van der Waals surface area contributed by atoms with E-state index in [1.54, 1.807) is 0 Å². The predicted octanol–water partition coefficient (Wildman–Crippen LogP) is 4.27. The fourth-order valence-electron chi connectivity index (χ4n) is 2.75. The van der Waals surface area contributed by atoms with Gasteiger partial charge in [0.2, 0.25) is 0 Å². The molecule has 1 aliphatic rings.